The fourth-order valence-corrected chi connectivity index (χ4v) is 2.49. The number of rotatable bonds is 1. The summed E-state index contributed by atoms with van der Waals surface area (Å²) < 4.78 is 0. The normalized spacial score (nSPS) is 21.0. The van der Waals surface area contributed by atoms with Crippen LogP contribution in [-0.4, -0.2) is 30.4 Å². The fraction of sp³-hybridized carbons (Fsp3) is 0.562. The van der Waals surface area contributed by atoms with Crippen LogP contribution in [0.1, 0.15) is 38.8 Å². The van der Waals surface area contributed by atoms with Crippen LogP contribution in [0, 0.1) is 5.41 Å². The van der Waals surface area contributed by atoms with Crippen LogP contribution in [0.25, 0.3) is 0 Å². The molecular weight excluding hydrogens is 236 g/mol. The minimum Gasteiger partial charge on any atom is -0.340 e. The fourth-order valence-electron chi connectivity index (χ4n) is 2.49. The molecule has 0 bridgehead atoms. The first-order chi connectivity index (χ1) is 8.98. The molecule has 104 valence electrons. The topological polar surface area (TPSA) is 32.3 Å². The average Bonchev–Trinajstić information content (AvgIpc) is 2.63. The van der Waals surface area contributed by atoms with Gasteiger partial charge in [0.2, 0.25) is 5.91 Å². The lowest BCUT2D eigenvalue weighted by Gasteiger charge is -2.30. The van der Waals surface area contributed by atoms with Crippen molar-refractivity contribution in [2.24, 2.45) is 5.41 Å². The highest BCUT2D eigenvalue weighted by Crippen LogP contribution is 2.22. The number of hydrogen-bond acceptors (Lipinski definition) is 2. The van der Waals surface area contributed by atoms with Crippen molar-refractivity contribution in [2.45, 2.75) is 33.2 Å². The highest BCUT2D eigenvalue weighted by Gasteiger charge is 2.30. The highest BCUT2D eigenvalue weighted by molar-refractivity contribution is 5.81. The summed E-state index contributed by atoms with van der Waals surface area (Å²) in [5.41, 5.74) is 0.960. The summed E-state index contributed by atoms with van der Waals surface area (Å²) in [6.45, 7) is 8.56. The second-order valence-electron chi connectivity index (χ2n) is 6.27. The van der Waals surface area contributed by atoms with Crippen LogP contribution in [0.15, 0.2) is 30.3 Å². The minimum atomic E-state index is -0.300. The summed E-state index contributed by atoms with van der Waals surface area (Å²) in [5, 5.41) is 3.54. The molecule has 1 aromatic rings. The number of nitrogens with one attached hydrogen (secondary N) is 1. The van der Waals surface area contributed by atoms with Gasteiger partial charge in [0, 0.05) is 24.5 Å². The molecule has 1 fully saturated rings. The van der Waals surface area contributed by atoms with Gasteiger partial charge in [0.1, 0.15) is 0 Å². The lowest BCUT2D eigenvalue weighted by molar-refractivity contribution is -0.139. The van der Waals surface area contributed by atoms with Gasteiger partial charge in [-0.2, -0.15) is 0 Å². The summed E-state index contributed by atoms with van der Waals surface area (Å²) in [5.74, 6) is 0.247. The van der Waals surface area contributed by atoms with Crippen molar-refractivity contribution >= 4 is 5.91 Å². The predicted molar refractivity (Wildman–Crippen MR) is 77.8 cm³/mol. The Bertz CT molecular complexity index is 422. The molecule has 19 heavy (non-hydrogen) atoms. The van der Waals surface area contributed by atoms with Crippen molar-refractivity contribution < 1.29 is 4.79 Å². The zero-order valence-corrected chi connectivity index (χ0v) is 12.1. The molecule has 0 saturated carbocycles. The second-order valence-corrected chi connectivity index (χ2v) is 6.27. The smallest absolute Gasteiger partial charge is 0.228 e. The van der Waals surface area contributed by atoms with Crippen LogP contribution >= 0.6 is 0 Å². The highest BCUT2D eigenvalue weighted by atomic mass is 16.2. The molecule has 1 unspecified atom stereocenters. The Hall–Kier alpha value is -1.35. The monoisotopic (exact) mass is 260 g/mol. The molecule has 1 heterocycles. The summed E-state index contributed by atoms with van der Waals surface area (Å²) in [6.07, 6.45) is 1.02. The first-order valence-corrected chi connectivity index (χ1v) is 7.06. The van der Waals surface area contributed by atoms with Gasteiger partial charge in [-0.3, -0.25) is 4.79 Å². The van der Waals surface area contributed by atoms with E-state index in [1.807, 2.05) is 31.7 Å². The molecule has 1 amide bonds. The predicted octanol–water partition coefficient (Wildman–Crippen LogP) is 2.60. The van der Waals surface area contributed by atoms with Gasteiger partial charge in [0.05, 0.1) is 0 Å². The van der Waals surface area contributed by atoms with Gasteiger partial charge in [-0.25, -0.2) is 0 Å². The van der Waals surface area contributed by atoms with Crippen LogP contribution in [0.5, 0.6) is 0 Å². The van der Waals surface area contributed by atoms with Gasteiger partial charge < -0.3 is 10.2 Å². The van der Waals surface area contributed by atoms with E-state index in [9.17, 15) is 4.79 Å². The Balaban J connectivity index is 2.13. The van der Waals surface area contributed by atoms with Gasteiger partial charge in [-0.05, 0) is 18.5 Å². The average molecular weight is 260 g/mol. The quantitative estimate of drug-likeness (QED) is 0.842. The molecular formula is C16H24N2O. The Kier molecular flexibility index (Phi) is 4.25. The van der Waals surface area contributed by atoms with Gasteiger partial charge in [-0.15, -0.1) is 0 Å². The van der Waals surface area contributed by atoms with Crippen LogP contribution in [0.3, 0.4) is 0 Å². The van der Waals surface area contributed by atoms with Crippen molar-refractivity contribution in [3.8, 4) is 0 Å². The summed E-state index contributed by atoms with van der Waals surface area (Å²) in [7, 11) is 0. The Morgan fingerprint density at radius 3 is 2.58 bits per heavy atom. The lowest BCUT2D eigenvalue weighted by atomic mass is 9.94. The number of benzene rings is 1. The summed E-state index contributed by atoms with van der Waals surface area (Å²) in [4.78, 5) is 14.5. The molecule has 1 aliphatic rings. The van der Waals surface area contributed by atoms with Crippen LogP contribution in [0.2, 0.25) is 0 Å². The summed E-state index contributed by atoms with van der Waals surface area (Å²) in [6, 6.07) is 10.6. The molecule has 3 nitrogen and oxygen atoms in total. The summed E-state index contributed by atoms with van der Waals surface area (Å²) >= 11 is 0. The third kappa shape index (κ3) is 3.57. The van der Waals surface area contributed by atoms with E-state index in [4.69, 9.17) is 0 Å². The molecule has 0 aromatic heterocycles. The Morgan fingerprint density at radius 1 is 1.26 bits per heavy atom. The van der Waals surface area contributed by atoms with Crippen molar-refractivity contribution in [1.82, 2.24) is 10.2 Å². The molecule has 0 aliphatic carbocycles. The third-order valence-corrected chi connectivity index (χ3v) is 3.53. The molecule has 1 N–H and O–H groups in total. The van der Waals surface area contributed by atoms with E-state index in [1.165, 1.54) is 5.56 Å². The molecule has 3 heteroatoms. The minimum absolute atomic E-state index is 0.245. The number of hydrogen-bond donors (Lipinski definition) is 1. The number of carbonyl (C=O) groups excluding carboxylic acids is 1. The maximum atomic E-state index is 12.4. The Morgan fingerprint density at radius 2 is 1.95 bits per heavy atom. The van der Waals surface area contributed by atoms with Gasteiger partial charge in [-0.1, -0.05) is 51.1 Å². The van der Waals surface area contributed by atoms with E-state index in [-0.39, 0.29) is 17.4 Å². The molecule has 1 atom stereocenters. The Labute approximate surface area is 116 Å². The standard InChI is InChI=1S/C16H24N2O/c1-16(2,3)15(19)18-11-7-10-17-14(12-18)13-8-5-4-6-9-13/h4-6,8-9,14,17H,7,10-12H2,1-3H3. The van der Waals surface area contributed by atoms with E-state index < -0.39 is 0 Å². The van der Waals surface area contributed by atoms with Crippen molar-refractivity contribution in [3.05, 3.63) is 35.9 Å². The van der Waals surface area contributed by atoms with Crippen molar-refractivity contribution in [3.63, 3.8) is 0 Å². The van der Waals surface area contributed by atoms with Gasteiger partial charge in [0.25, 0.3) is 0 Å². The first-order valence-electron chi connectivity index (χ1n) is 7.06. The maximum absolute atomic E-state index is 12.4. The first kappa shape index (κ1) is 14.1. The number of nitrogens with zero attached hydrogens (tertiary/aromatic N) is 1. The molecule has 0 radical (unpaired) electrons. The SMILES string of the molecule is CC(C)(C)C(=O)N1CCCNC(c2ccccc2)C1. The van der Waals surface area contributed by atoms with Gasteiger partial charge in [0.15, 0.2) is 0 Å². The zero-order chi connectivity index (χ0) is 13.9. The van der Waals surface area contributed by atoms with Crippen LogP contribution in [0.4, 0.5) is 0 Å². The van der Waals surface area contributed by atoms with Gasteiger partial charge >= 0.3 is 0 Å². The molecule has 1 aliphatic heterocycles. The largest absolute Gasteiger partial charge is 0.340 e. The third-order valence-electron chi connectivity index (χ3n) is 3.53. The van der Waals surface area contributed by atoms with E-state index in [0.717, 1.165) is 26.1 Å². The van der Waals surface area contributed by atoms with Crippen LogP contribution in [-0.2, 0) is 4.79 Å². The van der Waals surface area contributed by atoms with E-state index in [0.29, 0.717) is 0 Å². The molecule has 2 rings (SSSR count). The zero-order valence-electron chi connectivity index (χ0n) is 12.1. The molecule has 1 saturated heterocycles. The number of carbonyl (C=O) groups is 1. The van der Waals surface area contributed by atoms with E-state index in [2.05, 4.69) is 29.6 Å². The number of amides is 1. The molecule has 0 spiro atoms. The lowest BCUT2D eigenvalue weighted by Crippen LogP contribution is -2.42. The maximum Gasteiger partial charge on any atom is 0.228 e. The second kappa shape index (κ2) is 5.74. The molecule has 1 aromatic carbocycles. The van der Waals surface area contributed by atoms with Crippen molar-refractivity contribution in [2.75, 3.05) is 19.6 Å². The van der Waals surface area contributed by atoms with E-state index in [1.54, 1.807) is 0 Å². The van der Waals surface area contributed by atoms with E-state index >= 15 is 0 Å². The van der Waals surface area contributed by atoms with Crippen molar-refractivity contribution in [1.29, 1.82) is 0 Å². The van der Waals surface area contributed by atoms with Crippen LogP contribution < -0.4 is 5.32 Å².